The summed E-state index contributed by atoms with van der Waals surface area (Å²) in [5.74, 6) is 0.727. The second kappa shape index (κ2) is 5.45. The fraction of sp³-hybridized carbons (Fsp3) is 0.294. The molecule has 1 aromatic heterocycles. The third-order valence-electron chi connectivity index (χ3n) is 4.55. The normalized spacial score (nSPS) is 25.7. The molecule has 5 heteroatoms. The molecular formula is C17H14Cl3NS. The lowest BCUT2D eigenvalue weighted by Gasteiger charge is -2.38. The van der Waals surface area contributed by atoms with E-state index in [1.165, 1.54) is 9.75 Å². The predicted octanol–water partition coefficient (Wildman–Crippen LogP) is 6.84. The van der Waals surface area contributed by atoms with Crippen LogP contribution in [0.2, 0.25) is 15.1 Å². The first-order valence-corrected chi connectivity index (χ1v) is 9.18. The molecule has 22 heavy (non-hydrogen) atoms. The summed E-state index contributed by atoms with van der Waals surface area (Å²) in [6.07, 6.45) is 5.53. The Bertz CT molecular complexity index is 780. The van der Waals surface area contributed by atoms with E-state index >= 15 is 0 Å². The fourth-order valence-corrected chi connectivity index (χ4v) is 5.38. The van der Waals surface area contributed by atoms with Gasteiger partial charge in [-0.2, -0.15) is 0 Å². The van der Waals surface area contributed by atoms with Crippen LogP contribution in [0.4, 0.5) is 5.69 Å². The first kappa shape index (κ1) is 14.9. The Balaban J connectivity index is 1.88. The van der Waals surface area contributed by atoms with Gasteiger partial charge in [0.05, 0.1) is 26.8 Å². The largest absolute Gasteiger partial charge is 0.376 e. The second-order valence-electron chi connectivity index (χ2n) is 5.87. The van der Waals surface area contributed by atoms with Crippen LogP contribution in [-0.4, -0.2) is 0 Å². The molecule has 0 saturated carbocycles. The Morgan fingerprint density at radius 3 is 2.73 bits per heavy atom. The van der Waals surface area contributed by atoms with Crippen molar-refractivity contribution in [2.45, 2.75) is 25.3 Å². The smallest absolute Gasteiger partial charge is 0.0656 e. The van der Waals surface area contributed by atoms with E-state index in [1.54, 1.807) is 6.07 Å². The molecule has 0 radical (unpaired) electrons. The zero-order valence-corrected chi connectivity index (χ0v) is 15.0. The minimum absolute atomic E-state index is 0.265. The molecule has 1 N–H and O–H groups in total. The summed E-state index contributed by atoms with van der Waals surface area (Å²) < 4.78 is 0. The third kappa shape index (κ3) is 2.20. The Kier molecular flexibility index (Phi) is 3.69. The van der Waals surface area contributed by atoms with Gasteiger partial charge in [0.1, 0.15) is 0 Å². The molecule has 2 aliphatic rings. The first-order valence-electron chi connectivity index (χ1n) is 7.23. The van der Waals surface area contributed by atoms with Crippen LogP contribution in [0.3, 0.4) is 0 Å². The van der Waals surface area contributed by atoms with Gasteiger partial charge in [0, 0.05) is 21.2 Å². The van der Waals surface area contributed by atoms with E-state index in [2.05, 4.69) is 36.5 Å². The van der Waals surface area contributed by atoms with Crippen molar-refractivity contribution in [2.24, 2.45) is 5.92 Å². The Morgan fingerprint density at radius 1 is 1.18 bits per heavy atom. The highest BCUT2D eigenvalue weighted by Crippen LogP contribution is 2.55. The second-order valence-corrected chi connectivity index (χ2v) is 8.38. The van der Waals surface area contributed by atoms with Crippen LogP contribution in [0.15, 0.2) is 30.4 Å². The van der Waals surface area contributed by atoms with Gasteiger partial charge >= 0.3 is 0 Å². The average Bonchev–Trinajstić information content (AvgIpc) is 3.12. The number of rotatable bonds is 1. The topological polar surface area (TPSA) is 12.0 Å². The van der Waals surface area contributed by atoms with E-state index in [0.717, 1.165) is 17.7 Å². The van der Waals surface area contributed by atoms with Gasteiger partial charge < -0.3 is 5.32 Å². The van der Waals surface area contributed by atoms with Crippen LogP contribution in [0, 0.1) is 12.8 Å². The van der Waals surface area contributed by atoms with Crippen LogP contribution < -0.4 is 5.32 Å². The minimum atomic E-state index is 0.265. The molecule has 2 heterocycles. The fourth-order valence-electron chi connectivity index (χ4n) is 3.56. The molecule has 0 fully saturated rings. The summed E-state index contributed by atoms with van der Waals surface area (Å²) in [4.78, 5) is 2.68. The van der Waals surface area contributed by atoms with E-state index in [1.807, 2.05) is 11.3 Å². The highest BCUT2D eigenvalue weighted by Gasteiger charge is 2.40. The minimum Gasteiger partial charge on any atom is -0.376 e. The summed E-state index contributed by atoms with van der Waals surface area (Å²) in [5, 5.41) is 5.42. The number of fused-ring (bicyclic) bond motifs is 3. The molecular weight excluding hydrogens is 357 g/mol. The molecule has 4 rings (SSSR count). The summed E-state index contributed by atoms with van der Waals surface area (Å²) in [5.41, 5.74) is 1.97. The number of hydrogen-bond donors (Lipinski definition) is 1. The lowest BCUT2D eigenvalue weighted by atomic mass is 9.79. The monoisotopic (exact) mass is 369 g/mol. The van der Waals surface area contributed by atoms with Gasteiger partial charge in [-0.05, 0) is 37.5 Å². The molecule has 1 nitrogen and oxygen atoms in total. The van der Waals surface area contributed by atoms with Gasteiger partial charge in [-0.1, -0.05) is 47.0 Å². The molecule has 1 aromatic carbocycles. The maximum Gasteiger partial charge on any atom is 0.0656 e. The molecule has 2 aromatic rings. The van der Waals surface area contributed by atoms with Crippen LogP contribution in [-0.2, 0) is 0 Å². The third-order valence-corrected chi connectivity index (χ3v) is 6.73. The summed E-state index contributed by atoms with van der Waals surface area (Å²) in [7, 11) is 0. The van der Waals surface area contributed by atoms with Crippen molar-refractivity contribution >= 4 is 51.8 Å². The summed E-state index contributed by atoms with van der Waals surface area (Å²) >= 11 is 21.0. The number of benzene rings is 1. The van der Waals surface area contributed by atoms with Gasteiger partial charge in [0.25, 0.3) is 0 Å². The highest BCUT2D eigenvalue weighted by molar-refractivity contribution is 7.12. The van der Waals surface area contributed by atoms with Crippen molar-refractivity contribution in [1.82, 2.24) is 0 Å². The number of allylic oxidation sites excluding steroid dienone is 2. The predicted molar refractivity (Wildman–Crippen MR) is 96.9 cm³/mol. The van der Waals surface area contributed by atoms with Crippen LogP contribution in [0.5, 0.6) is 0 Å². The average molecular weight is 371 g/mol. The van der Waals surface area contributed by atoms with Gasteiger partial charge in [0.15, 0.2) is 0 Å². The summed E-state index contributed by atoms with van der Waals surface area (Å²) in [6.45, 7) is 2.14. The van der Waals surface area contributed by atoms with Crippen molar-refractivity contribution < 1.29 is 0 Å². The zero-order chi connectivity index (χ0) is 15.4. The Labute approximate surface area is 148 Å². The molecule has 3 atom stereocenters. The number of nitrogens with one attached hydrogen (secondary N) is 1. The van der Waals surface area contributed by atoms with Gasteiger partial charge in [-0.25, -0.2) is 0 Å². The van der Waals surface area contributed by atoms with Gasteiger partial charge in [-0.3, -0.25) is 0 Å². The number of halogens is 3. The van der Waals surface area contributed by atoms with E-state index in [4.69, 9.17) is 34.8 Å². The highest BCUT2D eigenvalue weighted by atomic mass is 35.5. The first-order chi connectivity index (χ1) is 10.6. The standard InChI is InChI=1S/C17H14Cl3NS/c1-8-5-6-13(22-8)16-10-4-2-3-9(10)14-15(20)11(18)7-12(19)17(14)21-16/h2-3,5-7,9-10,16,21H,4H2,1H3. The van der Waals surface area contributed by atoms with Gasteiger partial charge in [0.2, 0.25) is 0 Å². The molecule has 0 saturated heterocycles. The molecule has 0 amide bonds. The number of aryl methyl sites for hydroxylation is 1. The molecule has 3 unspecified atom stereocenters. The maximum absolute atomic E-state index is 6.49. The molecule has 1 aliphatic carbocycles. The zero-order valence-electron chi connectivity index (χ0n) is 11.9. The number of hydrogen-bond acceptors (Lipinski definition) is 2. The lowest BCUT2D eigenvalue weighted by Crippen LogP contribution is -2.29. The quantitative estimate of drug-likeness (QED) is 0.428. The SMILES string of the molecule is Cc1ccc(C2Nc3c(Cl)cc(Cl)c(Cl)c3C3C=CCC32)s1. The van der Waals surface area contributed by atoms with Crippen molar-refractivity contribution in [1.29, 1.82) is 0 Å². The number of thiophene rings is 1. The Hall–Kier alpha value is -0.670. The summed E-state index contributed by atoms with van der Waals surface area (Å²) in [6, 6.07) is 6.38. The van der Waals surface area contributed by atoms with E-state index < -0.39 is 0 Å². The molecule has 114 valence electrons. The van der Waals surface area contributed by atoms with Crippen molar-refractivity contribution in [3.05, 3.63) is 60.7 Å². The van der Waals surface area contributed by atoms with E-state index in [9.17, 15) is 0 Å². The Morgan fingerprint density at radius 2 is 2.00 bits per heavy atom. The van der Waals surface area contributed by atoms with Crippen molar-refractivity contribution in [3.63, 3.8) is 0 Å². The molecule has 0 bridgehead atoms. The van der Waals surface area contributed by atoms with Crippen molar-refractivity contribution in [3.8, 4) is 0 Å². The molecule has 0 spiro atoms. The van der Waals surface area contributed by atoms with Crippen molar-refractivity contribution in [2.75, 3.05) is 5.32 Å². The van der Waals surface area contributed by atoms with Gasteiger partial charge in [-0.15, -0.1) is 11.3 Å². The van der Waals surface area contributed by atoms with E-state index in [0.29, 0.717) is 21.0 Å². The van der Waals surface area contributed by atoms with E-state index in [-0.39, 0.29) is 12.0 Å². The van der Waals surface area contributed by atoms with Crippen LogP contribution in [0.25, 0.3) is 0 Å². The van der Waals surface area contributed by atoms with Crippen LogP contribution in [0.1, 0.15) is 33.7 Å². The van der Waals surface area contributed by atoms with Crippen LogP contribution >= 0.6 is 46.1 Å². The lowest BCUT2D eigenvalue weighted by molar-refractivity contribution is 0.430. The molecule has 1 aliphatic heterocycles. The number of anilines is 1. The maximum atomic E-state index is 6.49.